The van der Waals surface area contributed by atoms with Gasteiger partial charge in [0.2, 0.25) is 17.6 Å². The van der Waals surface area contributed by atoms with E-state index in [2.05, 4.69) is 11.9 Å². The number of hydrogen-bond donors (Lipinski definition) is 2. The first kappa shape index (κ1) is 18.9. The molecule has 4 rings (SSSR count). The lowest BCUT2D eigenvalue weighted by molar-refractivity contribution is 0.366. The Balaban J connectivity index is 1.98. The Bertz CT molecular complexity index is 1200. The van der Waals surface area contributed by atoms with Gasteiger partial charge < -0.3 is 24.9 Å². The van der Waals surface area contributed by atoms with Crippen molar-refractivity contribution in [2.75, 3.05) is 20.0 Å². The molecule has 0 unspecified atom stereocenters. The number of rotatable bonds is 6. The molecule has 0 aliphatic carbocycles. The second-order valence-electron chi connectivity index (χ2n) is 6.90. The Morgan fingerprint density at radius 2 is 1.90 bits per heavy atom. The summed E-state index contributed by atoms with van der Waals surface area (Å²) in [5.41, 5.74) is 10.0. The summed E-state index contributed by atoms with van der Waals surface area (Å²) >= 11 is 0. The smallest absolute Gasteiger partial charge is 0.224 e. The highest BCUT2D eigenvalue weighted by Crippen LogP contribution is 2.40. The summed E-state index contributed by atoms with van der Waals surface area (Å²) in [6.07, 6.45) is 3.86. The van der Waals surface area contributed by atoms with Gasteiger partial charge in [0, 0.05) is 35.3 Å². The van der Waals surface area contributed by atoms with Crippen molar-refractivity contribution in [1.29, 1.82) is 0 Å². The molecule has 3 aromatic heterocycles. The van der Waals surface area contributed by atoms with Crippen LogP contribution in [0.5, 0.6) is 17.6 Å². The van der Waals surface area contributed by atoms with Gasteiger partial charge in [-0.25, -0.2) is 4.98 Å². The van der Waals surface area contributed by atoms with Gasteiger partial charge in [-0.3, -0.25) is 0 Å². The molecule has 0 aliphatic heterocycles. The van der Waals surface area contributed by atoms with Crippen LogP contribution < -0.4 is 15.2 Å². The molecule has 0 atom stereocenters. The molecule has 3 N–H and O–H groups in total. The largest absolute Gasteiger partial charge is 0.494 e. The van der Waals surface area contributed by atoms with Gasteiger partial charge in [-0.2, -0.15) is 4.98 Å². The summed E-state index contributed by atoms with van der Waals surface area (Å²) in [4.78, 5) is 9.23. The van der Waals surface area contributed by atoms with Crippen molar-refractivity contribution >= 4 is 27.5 Å². The number of nitrogens with two attached hydrogens (primary N) is 1. The predicted octanol–water partition coefficient (Wildman–Crippen LogP) is 4.36. The number of anilines is 1. The summed E-state index contributed by atoms with van der Waals surface area (Å²) in [7, 11) is 3.14. The Labute approximate surface area is 168 Å². The molecule has 1 aromatic carbocycles. The number of unbranched alkanes of at least 4 members (excludes halogenated alkanes) is 1. The van der Waals surface area contributed by atoms with Gasteiger partial charge >= 0.3 is 0 Å². The highest BCUT2D eigenvalue weighted by molar-refractivity contribution is 6.12. The van der Waals surface area contributed by atoms with Crippen molar-refractivity contribution in [3.8, 4) is 28.8 Å². The number of ether oxygens (including phenoxy) is 2. The van der Waals surface area contributed by atoms with Gasteiger partial charge in [0.25, 0.3) is 0 Å². The lowest BCUT2D eigenvalue weighted by atomic mass is 10.0. The lowest BCUT2D eigenvalue weighted by Crippen LogP contribution is -1.97. The van der Waals surface area contributed by atoms with E-state index in [9.17, 15) is 5.11 Å². The van der Waals surface area contributed by atoms with E-state index in [4.69, 9.17) is 20.2 Å². The van der Waals surface area contributed by atoms with E-state index in [1.54, 1.807) is 20.3 Å². The normalized spacial score (nSPS) is 11.3. The summed E-state index contributed by atoms with van der Waals surface area (Å²) < 4.78 is 12.5. The van der Waals surface area contributed by atoms with Crippen LogP contribution in [0.4, 0.5) is 5.69 Å². The van der Waals surface area contributed by atoms with Gasteiger partial charge in [0.15, 0.2) is 0 Å². The molecule has 0 bridgehead atoms. The number of benzene rings is 1. The third-order valence-electron chi connectivity index (χ3n) is 5.14. The number of methoxy groups -OCH3 is 2. The Kier molecular flexibility index (Phi) is 4.88. The zero-order valence-electron chi connectivity index (χ0n) is 16.8. The molecular weight excluding hydrogens is 368 g/mol. The number of pyridine rings is 2. The average Bonchev–Trinajstić information content (AvgIpc) is 3.07. The topological polar surface area (TPSA) is 95.4 Å². The molecule has 0 radical (unpaired) electrons. The van der Waals surface area contributed by atoms with Crippen LogP contribution in [-0.2, 0) is 6.54 Å². The molecule has 29 heavy (non-hydrogen) atoms. The second kappa shape index (κ2) is 7.50. The Morgan fingerprint density at radius 3 is 2.62 bits per heavy atom. The summed E-state index contributed by atoms with van der Waals surface area (Å²) in [6.45, 7) is 2.83. The number of hydrogen-bond acceptors (Lipinski definition) is 6. The third kappa shape index (κ3) is 3.08. The van der Waals surface area contributed by atoms with Gasteiger partial charge in [0.1, 0.15) is 0 Å². The van der Waals surface area contributed by atoms with E-state index >= 15 is 0 Å². The molecule has 7 nitrogen and oxygen atoms in total. The number of para-hydroxylation sites is 1. The first-order chi connectivity index (χ1) is 14.1. The second-order valence-corrected chi connectivity index (χ2v) is 6.90. The van der Waals surface area contributed by atoms with E-state index in [1.807, 2.05) is 35.0 Å². The van der Waals surface area contributed by atoms with E-state index in [-0.39, 0.29) is 5.88 Å². The van der Waals surface area contributed by atoms with Gasteiger partial charge in [-0.15, -0.1) is 0 Å². The first-order valence-electron chi connectivity index (χ1n) is 9.58. The highest BCUT2D eigenvalue weighted by Gasteiger charge is 2.19. The summed E-state index contributed by atoms with van der Waals surface area (Å²) in [6, 6.07) is 9.46. The minimum Gasteiger partial charge on any atom is -0.494 e. The molecule has 0 spiro atoms. The minimum atomic E-state index is 0.162. The molecular formula is C22H24N4O3. The van der Waals surface area contributed by atoms with Crippen LogP contribution in [-0.4, -0.2) is 33.9 Å². The molecule has 0 fully saturated rings. The lowest BCUT2D eigenvalue weighted by Gasteiger charge is -2.12. The third-order valence-corrected chi connectivity index (χ3v) is 5.14. The molecule has 0 saturated carbocycles. The highest BCUT2D eigenvalue weighted by atomic mass is 16.5. The maximum atomic E-state index is 10.7. The van der Waals surface area contributed by atoms with Gasteiger partial charge in [0.05, 0.1) is 36.3 Å². The quantitative estimate of drug-likeness (QED) is 0.506. The van der Waals surface area contributed by atoms with Crippen molar-refractivity contribution in [1.82, 2.24) is 14.5 Å². The average molecular weight is 392 g/mol. The maximum absolute atomic E-state index is 10.7. The van der Waals surface area contributed by atoms with Crippen molar-refractivity contribution in [2.24, 2.45) is 0 Å². The van der Waals surface area contributed by atoms with Crippen LogP contribution >= 0.6 is 0 Å². The number of nitrogen functional groups attached to an aromatic ring is 1. The van der Waals surface area contributed by atoms with E-state index < -0.39 is 0 Å². The monoisotopic (exact) mass is 392 g/mol. The zero-order chi connectivity index (χ0) is 20.5. The van der Waals surface area contributed by atoms with Crippen LogP contribution in [0.25, 0.3) is 32.9 Å². The van der Waals surface area contributed by atoms with E-state index in [1.165, 1.54) is 0 Å². The summed E-state index contributed by atoms with van der Waals surface area (Å²) in [5.74, 6) is 1.08. The molecule has 4 aromatic rings. The molecule has 0 aliphatic rings. The molecule has 7 heteroatoms. The van der Waals surface area contributed by atoms with Gasteiger partial charge in [-0.05, 0) is 12.5 Å². The SMILES string of the molecule is CCCCn1cc2nc3c(-c4ccc(OC)nc4OC)cccc3c(N)c2c1O. The fraction of sp³-hybridized carbons (Fsp3) is 0.273. The van der Waals surface area contributed by atoms with Crippen molar-refractivity contribution in [2.45, 2.75) is 26.3 Å². The Morgan fingerprint density at radius 1 is 1.07 bits per heavy atom. The van der Waals surface area contributed by atoms with Crippen LogP contribution in [0.3, 0.4) is 0 Å². The number of fused-ring (bicyclic) bond motifs is 2. The maximum Gasteiger partial charge on any atom is 0.224 e. The fourth-order valence-electron chi connectivity index (χ4n) is 3.63. The van der Waals surface area contributed by atoms with Gasteiger partial charge in [-0.1, -0.05) is 31.5 Å². The standard InChI is InChI=1S/C22H24N4O3/c1-4-5-11-26-12-16-18(22(26)27)19(23)15-8-6-7-13(20(15)24-16)14-9-10-17(28-2)25-21(14)29-3/h6-10,12,27H,4-5,11,23H2,1-3H3. The zero-order valence-corrected chi connectivity index (χ0v) is 16.8. The van der Waals surface area contributed by atoms with Crippen LogP contribution in [0.15, 0.2) is 36.5 Å². The molecule has 150 valence electrons. The van der Waals surface area contributed by atoms with Crippen LogP contribution in [0, 0.1) is 0 Å². The molecule has 3 heterocycles. The molecule has 0 amide bonds. The Hall–Kier alpha value is -3.48. The first-order valence-corrected chi connectivity index (χ1v) is 9.58. The number of aromatic hydroxyl groups is 1. The van der Waals surface area contributed by atoms with Crippen LogP contribution in [0.1, 0.15) is 19.8 Å². The van der Waals surface area contributed by atoms with E-state index in [0.29, 0.717) is 28.4 Å². The fourth-order valence-corrected chi connectivity index (χ4v) is 3.63. The summed E-state index contributed by atoms with van der Waals surface area (Å²) in [5, 5.41) is 12.0. The molecule has 0 saturated heterocycles. The minimum absolute atomic E-state index is 0.162. The van der Waals surface area contributed by atoms with E-state index in [0.717, 1.165) is 41.4 Å². The van der Waals surface area contributed by atoms with Crippen molar-refractivity contribution in [3.05, 3.63) is 36.5 Å². The number of aromatic nitrogens is 3. The number of nitrogens with zero attached hydrogens (tertiary/aromatic N) is 3. The number of aryl methyl sites for hydroxylation is 1. The predicted molar refractivity (Wildman–Crippen MR) is 115 cm³/mol. The van der Waals surface area contributed by atoms with Crippen LogP contribution in [0.2, 0.25) is 0 Å². The van der Waals surface area contributed by atoms with Crippen molar-refractivity contribution in [3.63, 3.8) is 0 Å². The van der Waals surface area contributed by atoms with Crippen molar-refractivity contribution < 1.29 is 14.6 Å².